The molecule has 0 aliphatic carbocycles. The van der Waals surface area contributed by atoms with Crippen LogP contribution in [0.4, 0.5) is 0 Å². The van der Waals surface area contributed by atoms with Gasteiger partial charge in [-0.2, -0.15) is 0 Å². The maximum atomic E-state index is 11.3. The zero-order valence-electron chi connectivity index (χ0n) is 8.19. The molecular weight excluding hydrogens is 196 g/mol. The molecule has 1 aromatic carbocycles. The maximum absolute atomic E-state index is 11.3. The average Bonchev–Trinajstić information content (AvgIpc) is 2.59. The minimum atomic E-state index is -0.488. The summed E-state index contributed by atoms with van der Waals surface area (Å²) in [4.78, 5) is 11.3. The second-order valence-corrected chi connectivity index (χ2v) is 3.13. The molecule has 15 heavy (non-hydrogen) atoms. The highest BCUT2D eigenvalue weighted by Crippen LogP contribution is 2.26. The van der Waals surface area contributed by atoms with Crippen molar-refractivity contribution >= 4 is 11.5 Å². The van der Waals surface area contributed by atoms with Crippen molar-refractivity contribution in [3.63, 3.8) is 0 Å². The maximum Gasteiger partial charge on any atom is 0.342 e. The van der Waals surface area contributed by atoms with Crippen LogP contribution in [0.5, 0.6) is 5.75 Å². The molecule has 2 rings (SSSR count). The number of hydrogen-bond acceptors (Lipinski definition) is 4. The van der Waals surface area contributed by atoms with Crippen LogP contribution >= 0.6 is 0 Å². The van der Waals surface area contributed by atoms with Gasteiger partial charge in [-0.3, -0.25) is 0 Å². The first-order chi connectivity index (χ1) is 7.22. The van der Waals surface area contributed by atoms with Gasteiger partial charge in [0.25, 0.3) is 0 Å². The second-order valence-electron chi connectivity index (χ2n) is 3.13. The van der Waals surface area contributed by atoms with Gasteiger partial charge in [0.05, 0.1) is 7.11 Å². The Balaban J connectivity index is 2.37. The van der Waals surface area contributed by atoms with Crippen molar-refractivity contribution < 1.29 is 19.4 Å². The molecule has 1 aromatic rings. The van der Waals surface area contributed by atoms with Crippen LogP contribution in [-0.2, 0) is 9.53 Å². The molecule has 78 valence electrons. The van der Waals surface area contributed by atoms with Gasteiger partial charge in [0, 0.05) is 0 Å². The lowest BCUT2D eigenvalue weighted by molar-refractivity contribution is -0.134. The molecule has 0 amide bonds. The van der Waals surface area contributed by atoms with E-state index >= 15 is 0 Å². The molecule has 0 atom stereocenters. The molecule has 4 nitrogen and oxygen atoms in total. The highest BCUT2D eigenvalue weighted by atomic mass is 16.5. The van der Waals surface area contributed by atoms with Gasteiger partial charge in [0.2, 0.25) is 0 Å². The minimum absolute atomic E-state index is 0.0230. The lowest BCUT2D eigenvalue weighted by Crippen LogP contribution is -1.98. The first-order valence-corrected chi connectivity index (χ1v) is 4.46. The van der Waals surface area contributed by atoms with Gasteiger partial charge >= 0.3 is 5.97 Å². The van der Waals surface area contributed by atoms with E-state index in [4.69, 9.17) is 9.47 Å². The molecule has 0 saturated heterocycles. The van der Waals surface area contributed by atoms with E-state index in [1.165, 1.54) is 0 Å². The van der Waals surface area contributed by atoms with Gasteiger partial charge in [0.15, 0.2) is 0 Å². The molecule has 1 aliphatic heterocycles. The summed E-state index contributed by atoms with van der Waals surface area (Å²) in [5, 5.41) is 9.44. The molecule has 4 heteroatoms. The number of aliphatic hydroxyl groups is 1. The van der Waals surface area contributed by atoms with Crippen molar-refractivity contribution in [1.29, 1.82) is 0 Å². The predicted octanol–water partition coefficient (Wildman–Crippen LogP) is 1.52. The number of carbonyl (C=O) groups excluding carboxylic acids is 1. The quantitative estimate of drug-likeness (QED) is 0.745. The summed E-state index contributed by atoms with van der Waals surface area (Å²) < 4.78 is 9.69. The zero-order valence-corrected chi connectivity index (χ0v) is 8.19. The predicted molar refractivity (Wildman–Crippen MR) is 53.5 cm³/mol. The van der Waals surface area contributed by atoms with Gasteiger partial charge < -0.3 is 14.6 Å². The number of benzene rings is 1. The van der Waals surface area contributed by atoms with Gasteiger partial charge in [-0.25, -0.2) is 4.79 Å². The summed E-state index contributed by atoms with van der Waals surface area (Å²) in [6, 6.07) is 6.86. The van der Waals surface area contributed by atoms with E-state index in [9.17, 15) is 9.90 Å². The number of ether oxygens (including phenoxy) is 2. The van der Waals surface area contributed by atoms with Gasteiger partial charge in [-0.05, 0) is 17.7 Å². The Labute approximate surface area is 86.7 Å². The molecule has 0 bridgehead atoms. The van der Waals surface area contributed by atoms with Crippen LogP contribution < -0.4 is 4.74 Å². The zero-order chi connectivity index (χ0) is 10.8. The molecule has 0 unspecified atom stereocenters. The summed E-state index contributed by atoms with van der Waals surface area (Å²) in [6.07, 6.45) is 0. The Kier molecular flexibility index (Phi) is 2.33. The number of esters is 1. The van der Waals surface area contributed by atoms with Crippen LogP contribution in [0.15, 0.2) is 30.0 Å². The van der Waals surface area contributed by atoms with E-state index in [2.05, 4.69) is 0 Å². The minimum Gasteiger partial charge on any atom is -0.508 e. The van der Waals surface area contributed by atoms with E-state index in [1.807, 2.05) is 0 Å². The van der Waals surface area contributed by atoms with E-state index < -0.39 is 5.97 Å². The van der Waals surface area contributed by atoms with Crippen molar-refractivity contribution in [1.82, 2.24) is 0 Å². The lowest BCUT2D eigenvalue weighted by Gasteiger charge is -2.02. The van der Waals surface area contributed by atoms with Gasteiger partial charge in [0.1, 0.15) is 23.7 Å². The van der Waals surface area contributed by atoms with Crippen molar-refractivity contribution in [2.45, 2.75) is 0 Å². The Bertz CT molecular complexity index is 417. The monoisotopic (exact) mass is 206 g/mol. The number of cyclic esters (lactones) is 1. The van der Waals surface area contributed by atoms with Crippen molar-refractivity contribution in [3.8, 4) is 5.75 Å². The van der Waals surface area contributed by atoms with Crippen molar-refractivity contribution in [3.05, 3.63) is 35.6 Å². The first kappa shape index (κ1) is 9.58. The summed E-state index contributed by atoms with van der Waals surface area (Å²) in [5.41, 5.74) is 0.869. The number of methoxy groups -OCH3 is 1. The normalized spacial score (nSPS) is 15.4. The fourth-order valence-electron chi connectivity index (χ4n) is 1.44. The number of hydrogen-bond donors (Lipinski definition) is 1. The topological polar surface area (TPSA) is 55.8 Å². The SMILES string of the molecule is COc1ccc(C2=C(O)COC2=O)cc1. The molecule has 0 saturated carbocycles. The number of carbonyl (C=O) groups is 1. The van der Waals surface area contributed by atoms with Crippen LogP contribution in [0.25, 0.3) is 5.57 Å². The van der Waals surface area contributed by atoms with Crippen LogP contribution in [0.3, 0.4) is 0 Å². The van der Waals surface area contributed by atoms with E-state index in [0.29, 0.717) is 11.3 Å². The first-order valence-electron chi connectivity index (χ1n) is 4.46. The van der Waals surface area contributed by atoms with Crippen LogP contribution in [0.2, 0.25) is 0 Å². The highest BCUT2D eigenvalue weighted by molar-refractivity contribution is 6.18. The summed E-state index contributed by atoms with van der Waals surface area (Å²) in [6.45, 7) is -0.0415. The Hall–Kier alpha value is -1.97. The molecule has 0 fully saturated rings. The standard InChI is InChI=1S/C11H10O4/c1-14-8-4-2-7(3-5-8)10-9(12)6-15-11(10)13/h2-5,12H,6H2,1H3. The third-order valence-corrected chi connectivity index (χ3v) is 2.21. The van der Waals surface area contributed by atoms with Crippen LogP contribution in [0, 0.1) is 0 Å². The van der Waals surface area contributed by atoms with E-state index in [0.717, 1.165) is 0 Å². The van der Waals surface area contributed by atoms with E-state index in [-0.39, 0.29) is 17.9 Å². The van der Waals surface area contributed by atoms with E-state index in [1.54, 1.807) is 31.4 Å². The van der Waals surface area contributed by atoms with Gasteiger partial charge in [-0.15, -0.1) is 0 Å². The Morgan fingerprint density at radius 3 is 2.47 bits per heavy atom. The molecular formula is C11H10O4. The Morgan fingerprint density at radius 2 is 2.00 bits per heavy atom. The smallest absolute Gasteiger partial charge is 0.342 e. The highest BCUT2D eigenvalue weighted by Gasteiger charge is 2.25. The fraction of sp³-hybridized carbons (Fsp3) is 0.182. The molecule has 0 spiro atoms. The molecule has 0 aromatic heterocycles. The van der Waals surface area contributed by atoms with Crippen molar-refractivity contribution in [2.24, 2.45) is 0 Å². The Morgan fingerprint density at radius 1 is 1.33 bits per heavy atom. The summed E-state index contributed by atoms with van der Waals surface area (Å²) in [5.74, 6) is 0.188. The molecule has 1 N–H and O–H groups in total. The van der Waals surface area contributed by atoms with Crippen LogP contribution in [-0.4, -0.2) is 24.8 Å². The van der Waals surface area contributed by atoms with Gasteiger partial charge in [-0.1, -0.05) is 12.1 Å². The number of aliphatic hydroxyl groups excluding tert-OH is 1. The molecule has 0 radical (unpaired) electrons. The third kappa shape index (κ3) is 1.66. The summed E-state index contributed by atoms with van der Waals surface area (Å²) in [7, 11) is 1.57. The summed E-state index contributed by atoms with van der Waals surface area (Å²) >= 11 is 0. The van der Waals surface area contributed by atoms with Crippen molar-refractivity contribution in [2.75, 3.05) is 13.7 Å². The second kappa shape index (κ2) is 3.65. The average molecular weight is 206 g/mol. The molecule has 1 aliphatic rings. The fourth-order valence-corrected chi connectivity index (χ4v) is 1.44. The molecule has 1 heterocycles. The van der Waals surface area contributed by atoms with Crippen LogP contribution in [0.1, 0.15) is 5.56 Å². The third-order valence-electron chi connectivity index (χ3n) is 2.21. The lowest BCUT2D eigenvalue weighted by atomic mass is 10.1. The number of rotatable bonds is 2. The largest absolute Gasteiger partial charge is 0.508 e.